The normalized spacial score (nSPS) is 12.8. The SMILES string of the molecule is Cc1ccccc1C(C(=O)Nc1c(C)cccc1C)N(C(=O)C(Cc1ccccc1)NC(=O)OC(C)(C)C)C(C)C. The molecule has 2 atom stereocenters. The van der Waals surface area contributed by atoms with Gasteiger partial charge in [-0.1, -0.05) is 72.8 Å². The number of hydrogen-bond donors (Lipinski definition) is 2. The first-order chi connectivity index (χ1) is 19.3. The monoisotopic (exact) mass is 557 g/mol. The fraction of sp³-hybridized carbons (Fsp3) is 0.382. The molecule has 0 fully saturated rings. The molecule has 0 aromatic heterocycles. The van der Waals surface area contributed by atoms with E-state index in [1.54, 1.807) is 25.7 Å². The van der Waals surface area contributed by atoms with Gasteiger partial charge in [-0.05, 0) is 83.2 Å². The molecule has 0 saturated heterocycles. The smallest absolute Gasteiger partial charge is 0.408 e. The first-order valence-corrected chi connectivity index (χ1v) is 14.1. The van der Waals surface area contributed by atoms with Crippen molar-refractivity contribution in [2.75, 3.05) is 5.32 Å². The minimum Gasteiger partial charge on any atom is -0.444 e. The zero-order valence-electron chi connectivity index (χ0n) is 25.4. The summed E-state index contributed by atoms with van der Waals surface area (Å²) in [6.07, 6.45) is -0.454. The maximum absolute atomic E-state index is 14.5. The molecule has 3 amide bonds. The van der Waals surface area contributed by atoms with Gasteiger partial charge in [0.05, 0.1) is 0 Å². The van der Waals surface area contributed by atoms with E-state index in [0.717, 1.165) is 27.9 Å². The van der Waals surface area contributed by atoms with Crippen molar-refractivity contribution >= 4 is 23.6 Å². The Morgan fingerprint density at radius 1 is 0.805 bits per heavy atom. The summed E-state index contributed by atoms with van der Waals surface area (Å²) in [5.74, 6) is -0.700. The highest BCUT2D eigenvalue weighted by atomic mass is 16.6. The fourth-order valence-electron chi connectivity index (χ4n) is 4.87. The van der Waals surface area contributed by atoms with Crippen LogP contribution in [-0.4, -0.2) is 40.5 Å². The van der Waals surface area contributed by atoms with Crippen LogP contribution in [0.25, 0.3) is 0 Å². The van der Waals surface area contributed by atoms with Crippen LogP contribution in [0.4, 0.5) is 10.5 Å². The number of nitrogens with one attached hydrogen (secondary N) is 2. The van der Waals surface area contributed by atoms with Gasteiger partial charge in [-0.15, -0.1) is 0 Å². The first-order valence-electron chi connectivity index (χ1n) is 14.1. The van der Waals surface area contributed by atoms with Crippen LogP contribution in [-0.2, 0) is 20.7 Å². The van der Waals surface area contributed by atoms with Crippen LogP contribution in [0.5, 0.6) is 0 Å². The van der Waals surface area contributed by atoms with Gasteiger partial charge in [-0.2, -0.15) is 0 Å². The predicted octanol–water partition coefficient (Wildman–Crippen LogP) is 6.66. The Hall–Kier alpha value is -4.13. The molecule has 218 valence electrons. The van der Waals surface area contributed by atoms with Crippen LogP contribution < -0.4 is 10.6 Å². The molecule has 0 aliphatic carbocycles. The van der Waals surface area contributed by atoms with Gasteiger partial charge in [-0.25, -0.2) is 4.79 Å². The number of anilines is 1. The number of amides is 3. The minimum atomic E-state index is -0.964. The lowest BCUT2D eigenvalue weighted by Gasteiger charge is -2.38. The molecule has 3 aromatic rings. The molecule has 0 heterocycles. The average Bonchev–Trinajstić information content (AvgIpc) is 2.88. The van der Waals surface area contributed by atoms with Crippen molar-refractivity contribution in [1.29, 1.82) is 0 Å². The fourth-order valence-corrected chi connectivity index (χ4v) is 4.87. The number of alkyl carbamates (subject to hydrolysis) is 1. The van der Waals surface area contributed by atoms with E-state index in [-0.39, 0.29) is 24.3 Å². The lowest BCUT2D eigenvalue weighted by molar-refractivity contribution is -0.142. The Kier molecular flexibility index (Phi) is 10.3. The molecule has 0 saturated carbocycles. The van der Waals surface area contributed by atoms with Gasteiger partial charge < -0.3 is 20.3 Å². The third kappa shape index (κ3) is 8.43. The summed E-state index contributed by atoms with van der Waals surface area (Å²) in [5, 5.41) is 5.91. The Morgan fingerprint density at radius 3 is 1.93 bits per heavy atom. The van der Waals surface area contributed by atoms with E-state index in [2.05, 4.69) is 10.6 Å². The molecule has 2 N–H and O–H groups in total. The number of para-hydroxylation sites is 1. The lowest BCUT2D eigenvalue weighted by atomic mass is 9.95. The summed E-state index contributed by atoms with van der Waals surface area (Å²) >= 11 is 0. The van der Waals surface area contributed by atoms with E-state index in [4.69, 9.17) is 4.74 Å². The van der Waals surface area contributed by atoms with Crippen LogP contribution in [0.15, 0.2) is 72.8 Å². The summed E-state index contributed by atoms with van der Waals surface area (Å²) in [6, 6.07) is 20.6. The van der Waals surface area contributed by atoms with Gasteiger partial charge in [0.15, 0.2) is 0 Å². The topological polar surface area (TPSA) is 87.7 Å². The molecule has 0 aliphatic rings. The third-order valence-electron chi connectivity index (χ3n) is 6.82. The number of ether oxygens (including phenoxy) is 1. The second-order valence-electron chi connectivity index (χ2n) is 11.7. The molecule has 7 heteroatoms. The molecule has 7 nitrogen and oxygen atoms in total. The largest absolute Gasteiger partial charge is 0.444 e. The van der Waals surface area contributed by atoms with E-state index in [1.165, 1.54) is 0 Å². The summed E-state index contributed by atoms with van der Waals surface area (Å²) in [6.45, 7) is 14.9. The Bertz CT molecular complexity index is 1340. The summed E-state index contributed by atoms with van der Waals surface area (Å²) < 4.78 is 5.51. The molecule has 0 bridgehead atoms. The van der Waals surface area contributed by atoms with Crippen LogP contribution in [0, 0.1) is 20.8 Å². The highest BCUT2D eigenvalue weighted by Crippen LogP contribution is 2.30. The van der Waals surface area contributed by atoms with Gasteiger partial charge >= 0.3 is 6.09 Å². The second kappa shape index (κ2) is 13.5. The third-order valence-corrected chi connectivity index (χ3v) is 6.82. The van der Waals surface area contributed by atoms with Crippen LogP contribution >= 0.6 is 0 Å². The molecule has 2 unspecified atom stereocenters. The van der Waals surface area contributed by atoms with Crippen molar-refractivity contribution in [1.82, 2.24) is 10.2 Å². The number of aryl methyl sites for hydroxylation is 3. The zero-order chi connectivity index (χ0) is 30.3. The average molecular weight is 558 g/mol. The Morgan fingerprint density at radius 2 is 1.37 bits per heavy atom. The number of rotatable bonds is 9. The van der Waals surface area contributed by atoms with E-state index in [0.29, 0.717) is 5.56 Å². The van der Waals surface area contributed by atoms with Crippen LogP contribution in [0.3, 0.4) is 0 Å². The van der Waals surface area contributed by atoms with Crippen LogP contribution in [0.1, 0.15) is 68.5 Å². The van der Waals surface area contributed by atoms with Gasteiger partial charge in [0.1, 0.15) is 17.7 Å². The first kappa shape index (κ1) is 31.4. The van der Waals surface area contributed by atoms with Crippen molar-refractivity contribution in [2.24, 2.45) is 0 Å². The molecule has 41 heavy (non-hydrogen) atoms. The van der Waals surface area contributed by atoms with E-state index in [9.17, 15) is 14.4 Å². The molecular formula is C34H43N3O4. The van der Waals surface area contributed by atoms with Gasteiger partial charge in [0.25, 0.3) is 5.91 Å². The van der Waals surface area contributed by atoms with Gasteiger partial charge in [0.2, 0.25) is 5.91 Å². The van der Waals surface area contributed by atoms with Crippen LogP contribution in [0.2, 0.25) is 0 Å². The van der Waals surface area contributed by atoms with Gasteiger partial charge in [0, 0.05) is 18.2 Å². The summed E-state index contributed by atoms with van der Waals surface area (Å²) in [4.78, 5) is 43.2. The summed E-state index contributed by atoms with van der Waals surface area (Å²) in [5.41, 5.74) is 4.31. The molecule has 0 spiro atoms. The quantitative estimate of drug-likeness (QED) is 0.308. The second-order valence-corrected chi connectivity index (χ2v) is 11.7. The van der Waals surface area contributed by atoms with E-state index < -0.39 is 23.8 Å². The van der Waals surface area contributed by atoms with Crippen molar-refractivity contribution in [2.45, 2.75) is 85.5 Å². The van der Waals surface area contributed by atoms with Crippen molar-refractivity contribution in [3.8, 4) is 0 Å². The lowest BCUT2D eigenvalue weighted by Crippen LogP contribution is -2.55. The molecular weight excluding hydrogens is 514 g/mol. The van der Waals surface area contributed by atoms with E-state index in [1.807, 2.05) is 107 Å². The molecule has 0 radical (unpaired) electrons. The van der Waals surface area contributed by atoms with Crippen molar-refractivity contribution in [3.05, 3.63) is 101 Å². The molecule has 0 aliphatic heterocycles. The highest BCUT2D eigenvalue weighted by Gasteiger charge is 2.38. The van der Waals surface area contributed by atoms with Gasteiger partial charge in [-0.3, -0.25) is 9.59 Å². The minimum absolute atomic E-state index is 0.237. The van der Waals surface area contributed by atoms with Crippen molar-refractivity contribution in [3.63, 3.8) is 0 Å². The van der Waals surface area contributed by atoms with Crippen molar-refractivity contribution < 1.29 is 19.1 Å². The zero-order valence-corrected chi connectivity index (χ0v) is 25.4. The summed E-state index contributed by atoms with van der Waals surface area (Å²) in [7, 11) is 0. The molecule has 3 aromatic carbocycles. The maximum Gasteiger partial charge on any atom is 0.408 e. The number of carbonyl (C=O) groups is 3. The molecule has 3 rings (SSSR count). The number of hydrogen-bond acceptors (Lipinski definition) is 4. The Balaban J connectivity index is 2.09. The number of carbonyl (C=O) groups excluding carboxylic acids is 3. The maximum atomic E-state index is 14.5. The van der Waals surface area contributed by atoms with E-state index >= 15 is 0 Å². The Labute approximate surface area is 244 Å². The number of nitrogens with zero attached hydrogens (tertiary/aromatic N) is 1. The highest BCUT2D eigenvalue weighted by molar-refractivity contribution is 6.00. The number of benzene rings is 3. The predicted molar refractivity (Wildman–Crippen MR) is 164 cm³/mol. The standard InChI is InChI=1S/C34H43N3O4/c1-22(2)37(32(39)28(21-26-18-10-9-11-19-26)35-33(40)41-34(6,7)8)30(27-20-13-12-15-23(27)3)31(38)36-29-24(4)16-14-17-25(29)5/h9-20,22,28,30H,21H2,1-8H3,(H,35,40)(H,36,38).